The van der Waals surface area contributed by atoms with Crippen LogP contribution in [0.2, 0.25) is 0 Å². The van der Waals surface area contributed by atoms with Crippen LogP contribution in [-0.4, -0.2) is 5.78 Å². The highest BCUT2D eigenvalue weighted by molar-refractivity contribution is 9.10. The largest absolute Gasteiger partial charge is 0.398 e. The number of hydrogen-bond acceptors (Lipinski definition) is 3. The average molecular weight is 389 g/mol. The molecule has 0 aliphatic rings. The van der Waals surface area contributed by atoms with Gasteiger partial charge in [-0.05, 0) is 53.5 Å². The van der Waals surface area contributed by atoms with Gasteiger partial charge in [-0.25, -0.2) is 0 Å². The average Bonchev–Trinajstić information content (AvgIpc) is 2.63. The minimum Gasteiger partial charge on any atom is -0.398 e. The molecular weight excluding hydrogens is 378 g/mol. The van der Waals surface area contributed by atoms with Crippen molar-refractivity contribution in [3.05, 3.63) is 48.0 Å². The number of carbonyl (C=O) groups is 1. The van der Waals surface area contributed by atoms with Gasteiger partial charge in [-0.2, -0.15) is 0 Å². The topological polar surface area (TPSA) is 43.1 Å². The van der Waals surface area contributed by atoms with E-state index in [-0.39, 0.29) is 5.78 Å². The lowest BCUT2D eigenvalue weighted by Crippen LogP contribution is -2.04. The Labute approximate surface area is 126 Å². The van der Waals surface area contributed by atoms with Gasteiger partial charge in [-0.3, -0.25) is 4.79 Å². The molecule has 1 heterocycles. The number of carbonyl (C=O) groups excluding carboxylic acids is 1. The van der Waals surface area contributed by atoms with Crippen LogP contribution in [0.25, 0.3) is 0 Å². The van der Waals surface area contributed by atoms with Crippen LogP contribution < -0.4 is 5.73 Å². The first-order valence-electron chi connectivity index (χ1n) is 5.26. The summed E-state index contributed by atoms with van der Waals surface area (Å²) in [5.74, 6) is 0.0132. The highest BCUT2D eigenvalue weighted by Crippen LogP contribution is 2.30. The number of hydrogen-bond donors (Lipinski definition) is 1. The van der Waals surface area contributed by atoms with Crippen molar-refractivity contribution in [3.8, 4) is 0 Å². The summed E-state index contributed by atoms with van der Waals surface area (Å²) in [7, 11) is 0. The normalized spacial score (nSPS) is 10.7. The van der Waals surface area contributed by atoms with Crippen LogP contribution in [0.4, 0.5) is 5.69 Å². The zero-order chi connectivity index (χ0) is 13.4. The maximum atomic E-state index is 12.5. The summed E-state index contributed by atoms with van der Waals surface area (Å²) in [5, 5.41) is 0. The van der Waals surface area contributed by atoms with Crippen molar-refractivity contribution in [1.29, 1.82) is 0 Å². The molecule has 5 heteroatoms. The Hall–Kier alpha value is -0.650. The summed E-state index contributed by atoms with van der Waals surface area (Å²) in [6.45, 7) is 3.85. The molecule has 0 atom stereocenters. The fourth-order valence-electron chi connectivity index (χ4n) is 1.64. The van der Waals surface area contributed by atoms with Crippen LogP contribution in [0.15, 0.2) is 27.1 Å². The molecule has 2 aromatic rings. The maximum Gasteiger partial charge on any atom is 0.203 e. The van der Waals surface area contributed by atoms with Crippen molar-refractivity contribution in [3.63, 3.8) is 0 Å². The fraction of sp³-hybridized carbons (Fsp3) is 0.154. The van der Waals surface area contributed by atoms with E-state index in [0.29, 0.717) is 11.3 Å². The molecule has 0 radical (unpaired) electrons. The summed E-state index contributed by atoms with van der Waals surface area (Å²) >= 11 is 8.28. The first-order valence-corrected chi connectivity index (χ1v) is 7.66. The summed E-state index contributed by atoms with van der Waals surface area (Å²) in [5.41, 5.74) is 7.98. The zero-order valence-corrected chi connectivity index (χ0v) is 13.9. The van der Waals surface area contributed by atoms with Gasteiger partial charge in [0.2, 0.25) is 5.78 Å². The standard InChI is InChI=1S/C13H11Br2NOS/c1-6-9(3-8(14)4-11(6)16)13(17)12-5-10(15)7(2)18-12/h3-5H,16H2,1-2H3. The molecule has 2 N–H and O–H groups in total. The van der Waals surface area contributed by atoms with Gasteiger partial charge in [0.1, 0.15) is 0 Å². The SMILES string of the molecule is Cc1sc(C(=O)c2cc(Br)cc(N)c2C)cc1Br. The summed E-state index contributed by atoms with van der Waals surface area (Å²) in [6, 6.07) is 5.48. The van der Waals surface area contributed by atoms with Gasteiger partial charge < -0.3 is 5.73 Å². The third-order valence-corrected chi connectivity index (χ3v) is 5.33. The molecule has 1 aromatic carbocycles. The highest BCUT2D eigenvalue weighted by atomic mass is 79.9. The van der Waals surface area contributed by atoms with Crippen LogP contribution in [0.5, 0.6) is 0 Å². The van der Waals surface area contributed by atoms with Crippen molar-refractivity contribution in [2.24, 2.45) is 0 Å². The van der Waals surface area contributed by atoms with Crippen LogP contribution in [0.3, 0.4) is 0 Å². The lowest BCUT2D eigenvalue weighted by molar-refractivity contribution is 0.104. The van der Waals surface area contributed by atoms with E-state index in [1.165, 1.54) is 11.3 Å². The Morgan fingerprint density at radius 2 is 1.89 bits per heavy atom. The van der Waals surface area contributed by atoms with Crippen molar-refractivity contribution in [2.75, 3.05) is 5.73 Å². The molecule has 0 saturated carbocycles. The number of ketones is 1. The predicted molar refractivity (Wildman–Crippen MR) is 83.5 cm³/mol. The second kappa shape index (κ2) is 5.15. The van der Waals surface area contributed by atoms with E-state index in [1.54, 1.807) is 0 Å². The van der Waals surface area contributed by atoms with Gasteiger partial charge in [0.05, 0.1) is 4.88 Å². The predicted octanol–water partition coefficient (Wildman–Crippen LogP) is 4.70. The Kier molecular flexibility index (Phi) is 3.94. The van der Waals surface area contributed by atoms with Crippen molar-refractivity contribution in [2.45, 2.75) is 13.8 Å². The summed E-state index contributed by atoms with van der Waals surface area (Å²) < 4.78 is 1.79. The molecular formula is C13H11Br2NOS. The molecule has 94 valence electrons. The summed E-state index contributed by atoms with van der Waals surface area (Å²) in [4.78, 5) is 14.3. The van der Waals surface area contributed by atoms with Crippen LogP contribution in [0.1, 0.15) is 25.7 Å². The second-order valence-corrected chi connectivity index (χ2v) is 7.04. The lowest BCUT2D eigenvalue weighted by atomic mass is 10.0. The molecule has 2 rings (SSSR count). The van der Waals surface area contributed by atoms with E-state index in [1.807, 2.05) is 32.0 Å². The lowest BCUT2D eigenvalue weighted by Gasteiger charge is -2.07. The zero-order valence-electron chi connectivity index (χ0n) is 9.88. The summed E-state index contributed by atoms with van der Waals surface area (Å²) in [6.07, 6.45) is 0. The first kappa shape index (κ1) is 13.8. The number of rotatable bonds is 2. The highest BCUT2D eigenvalue weighted by Gasteiger charge is 2.17. The van der Waals surface area contributed by atoms with E-state index in [9.17, 15) is 4.79 Å². The Morgan fingerprint density at radius 3 is 2.44 bits per heavy atom. The number of nitrogen functional groups attached to an aromatic ring is 1. The Morgan fingerprint density at radius 1 is 1.22 bits per heavy atom. The van der Waals surface area contributed by atoms with Gasteiger partial charge in [0.15, 0.2) is 0 Å². The van der Waals surface area contributed by atoms with E-state index < -0.39 is 0 Å². The van der Waals surface area contributed by atoms with E-state index >= 15 is 0 Å². The van der Waals surface area contributed by atoms with Crippen molar-refractivity contribution < 1.29 is 4.79 Å². The number of nitrogens with two attached hydrogens (primary N) is 1. The maximum absolute atomic E-state index is 12.5. The van der Waals surface area contributed by atoms with Gasteiger partial charge in [0, 0.05) is 25.1 Å². The molecule has 0 aliphatic heterocycles. The Balaban J connectivity index is 2.52. The second-order valence-electron chi connectivity index (χ2n) is 4.01. The third kappa shape index (κ3) is 2.53. The number of benzene rings is 1. The number of halogens is 2. The molecule has 0 amide bonds. The van der Waals surface area contributed by atoms with Gasteiger partial charge in [-0.1, -0.05) is 15.9 Å². The minimum atomic E-state index is 0.0132. The Bertz CT molecular complexity index is 615. The first-order chi connectivity index (χ1) is 8.40. The molecule has 18 heavy (non-hydrogen) atoms. The minimum absolute atomic E-state index is 0.0132. The molecule has 0 unspecified atom stereocenters. The fourth-order valence-corrected chi connectivity index (χ4v) is 3.60. The van der Waals surface area contributed by atoms with Gasteiger partial charge in [0.25, 0.3) is 0 Å². The monoisotopic (exact) mass is 387 g/mol. The van der Waals surface area contributed by atoms with Crippen LogP contribution >= 0.6 is 43.2 Å². The van der Waals surface area contributed by atoms with Crippen molar-refractivity contribution in [1.82, 2.24) is 0 Å². The van der Waals surface area contributed by atoms with Crippen molar-refractivity contribution >= 4 is 54.7 Å². The molecule has 0 bridgehead atoms. The number of aryl methyl sites for hydroxylation is 1. The molecule has 0 saturated heterocycles. The van der Waals surface area contributed by atoms with Crippen LogP contribution in [-0.2, 0) is 0 Å². The van der Waals surface area contributed by atoms with Crippen LogP contribution in [0, 0.1) is 13.8 Å². The molecule has 0 fully saturated rings. The quantitative estimate of drug-likeness (QED) is 0.598. The van der Waals surface area contributed by atoms with E-state index in [0.717, 1.165) is 24.3 Å². The van der Waals surface area contributed by atoms with E-state index in [2.05, 4.69) is 31.9 Å². The molecule has 0 spiro atoms. The number of thiophene rings is 1. The number of anilines is 1. The molecule has 2 nitrogen and oxygen atoms in total. The van der Waals surface area contributed by atoms with E-state index in [4.69, 9.17) is 5.73 Å². The van der Waals surface area contributed by atoms with Gasteiger partial charge in [-0.15, -0.1) is 11.3 Å². The third-order valence-electron chi connectivity index (χ3n) is 2.74. The molecule has 0 aliphatic carbocycles. The smallest absolute Gasteiger partial charge is 0.203 e. The molecule has 1 aromatic heterocycles. The van der Waals surface area contributed by atoms with Gasteiger partial charge >= 0.3 is 0 Å².